The minimum absolute atomic E-state index is 0.0346. The lowest BCUT2D eigenvalue weighted by atomic mass is 9.81. The van der Waals surface area contributed by atoms with Crippen LogP contribution in [0.15, 0.2) is 24.3 Å². The molecule has 2 aliphatic rings. The summed E-state index contributed by atoms with van der Waals surface area (Å²) >= 11 is 0. The van der Waals surface area contributed by atoms with Crippen molar-refractivity contribution in [3.8, 4) is 0 Å². The molecule has 2 fully saturated rings. The molecule has 136 valence electrons. The number of carbonyl (C=O) groups excluding carboxylic acids is 2. The van der Waals surface area contributed by atoms with E-state index >= 15 is 0 Å². The monoisotopic (exact) mass is 342 g/mol. The van der Waals surface area contributed by atoms with Gasteiger partial charge in [0.2, 0.25) is 11.8 Å². The molecule has 0 bridgehead atoms. The summed E-state index contributed by atoms with van der Waals surface area (Å²) in [5.41, 5.74) is 2.14. The van der Waals surface area contributed by atoms with Gasteiger partial charge in [0.25, 0.3) is 0 Å². The van der Waals surface area contributed by atoms with Crippen LogP contribution in [0.2, 0.25) is 0 Å². The molecule has 0 radical (unpaired) electrons. The van der Waals surface area contributed by atoms with E-state index in [0.717, 1.165) is 57.3 Å². The lowest BCUT2D eigenvalue weighted by molar-refractivity contribution is -0.136. The molecule has 4 nitrogen and oxygen atoms in total. The van der Waals surface area contributed by atoms with Gasteiger partial charge in [0.1, 0.15) is 0 Å². The molecule has 1 saturated heterocycles. The van der Waals surface area contributed by atoms with Crippen LogP contribution in [-0.2, 0) is 9.59 Å². The Morgan fingerprint density at radius 3 is 2.08 bits per heavy atom. The average Bonchev–Trinajstić information content (AvgIpc) is 3.16. The Labute approximate surface area is 151 Å². The predicted molar refractivity (Wildman–Crippen MR) is 100 cm³/mol. The van der Waals surface area contributed by atoms with Crippen molar-refractivity contribution in [3.63, 3.8) is 0 Å². The maximum atomic E-state index is 12.5. The Kier molecular flexibility index (Phi) is 5.77. The summed E-state index contributed by atoms with van der Waals surface area (Å²) in [4.78, 5) is 27.0. The second-order valence-electron chi connectivity index (χ2n) is 7.85. The number of benzene rings is 1. The smallest absolute Gasteiger partial charge is 0.227 e. The lowest BCUT2D eigenvalue weighted by Gasteiger charge is -2.29. The van der Waals surface area contributed by atoms with Gasteiger partial charge in [-0.3, -0.25) is 9.59 Å². The molecule has 4 heteroatoms. The molecular formula is C21H30N2O2. The molecule has 1 saturated carbocycles. The van der Waals surface area contributed by atoms with Gasteiger partial charge in [-0.25, -0.2) is 0 Å². The van der Waals surface area contributed by atoms with Gasteiger partial charge in [-0.05, 0) is 62.1 Å². The van der Waals surface area contributed by atoms with Gasteiger partial charge in [0.15, 0.2) is 0 Å². The number of anilines is 1. The summed E-state index contributed by atoms with van der Waals surface area (Å²) in [6.07, 6.45) is 5.61. The van der Waals surface area contributed by atoms with E-state index in [-0.39, 0.29) is 17.7 Å². The summed E-state index contributed by atoms with van der Waals surface area (Å²) in [6, 6.07) is 8.11. The van der Waals surface area contributed by atoms with Crippen LogP contribution in [0.25, 0.3) is 0 Å². The van der Waals surface area contributed by atoms with Crippen molar-refractivity contribution in [3.05, 3.63) is 29.8 Å². The Morgan fingerprint density at radius 2 is 1.52 bits per heavy atom. The molecule has 1 N–H and O–H groups in total. The largest absolute Gasteiger partial charge is 0.342 e. The molecule has 25 heavy (non-hydrogen) atoms. The first-order valence-electron chi connectivity index (χ1n) is 9.74. The third kappa shape index (κ3) is 4.42. The second kappa shape index (κ2) is 8.03. The van der Waals surface area contributed by atoms with Gasteiger partial charge < -0.3 is 10.2 Å². The van der Waals surface area contributed by atoms with E-state index in [9.17, 15) is 9.59 Å². The lowest BCUT2D eigenvalue weighted by Crippen LogP contribution is -2.37. The van der Waals surface area contributed by atoms with E-state index in [1.54, 1.807) is 0 Å². The highest BCUT2D eigenvalue weighted by Crippen LogP contribution is 2.31. The molecule has 3 rings (SSSR count). The Hall–Kier alpha value is -1.84. The maximum Gasteiger partial charge on any atom is 0.227 e. The molecule has 1 aliphatic heterocycles. The van der Waals surface area contributed by atoms with Crippen molar-refractivity contribution < 1.29 is 9.59 Å². The molecule has 0 spiro atoms. The Morgan fingerprint density at radius 1 is 0.960 bits per heavy atom. The topological polar surface area (TPSA) is 49.4 Å². The average molecular weight is 342 g/mol. The van der Waals surface area contributed by atoms with Gasteiger partial charge in [-0.2, -0.15) is 0 Å². The van der Waals surface area contributed by atoms with Crippen molar-refractivity contribution in [2.24, 2.45) is 11.8 Å². The summed E-state index contributed by atoms with van der Waals surface area (Å²) < 4.78 is 0. The van der Waals surface area contributed by atoms with E-state index in [1.807, 2.05) is 17.0 Å². The van der Waals surface area contributed by atoms with E-state index in [4.69, 9.17) is 0 Å². The number of rotatable bonds is 4. The van der Waals surface area contributed by atoms with Crippen LogP contribution in [0.4, 0.5) is 5.69 Å². The van der Waals surface area contributed by atoms with Gasteiger partial charge in [0, 0.05) is 30.6 Å². The zero-order chi connectivity index (χ0) is 17.8. The molecule has 0 atom stereocenters. The second-order valence-corrected chi connectivity index (χ2v) is 7.85. The quantitative estimate of drug-likeness (QED) is 0.892. The maximum absolute atomic E-state index is 12.5. The van der Waals surface area contributed by atoms with Crippen molar-refractivity contribution in [2.45, 2.75) is 58.3 Å². The fourth-order valence-corrected chi connectivity index (χ4v) is 3.99. The molecular weight excluding hydrogens is 312 g/mol. The highest BCUT2D eigenvalue weighted by molar-refractivity contribution is 5.92. The summed E-state index contributed by atoms with van der Waals surface area (Å²) in [5.74, 6) is 1.08. The molecule has 1 aromatic carbocycles. The van der Waals surface area contributed by atoms with Crippen molar-refractivity contribution in [1.82, 2.24) is 4.90 Å². The fourth-order valence-electron chi connectivity index (χ4n) is 3.99. The highest BCUT2D eigenvalue weighted by Gasteiger charge is 2.32. The summed E-state index contributed by atoms with van der Waals surface area (Å²) in [5, 5.41) is 3.04. The zero-order valence-corrected chi connectivity index (χ0v) is 15.5. The zero-order valence-electron chi connectivity index (χ0n) is 15.5. The van der Waals surface area contributed by atoms with Crippen LogP contribution in [0.1, 0.15) is 63.9 Å². The normalized spacial score (nSPS) is 23.7. The van der Waals surface area contributed by atoms with E-state index in [0.29, 0.717) is 11.8 Å². The predicted octanol–water partition coefficient (Wildman–Crippen LogP) is 4.18. The minimum Gasteiger partial charge on any atom is -0.342 e. The molecule has 0 unspecified atom stereocenters. The van der Waals surface area contributed by atoms with Gasteiger partial charge in [-0.1, -0.05) is 26.0 Å². The molecule has 1 aliphatic carbocycles. The SMILES string of the molecule is CC(C)c1ccc(NC(=O)C2CCC(C(=O)N3CCCC3)CC2)cc1. The highest BCUT2D eigenvalue weighted by atomic mass is 16.2. The number of hydrogen-bond acceptors (Lipinski definition) is 2. The van der Waals surface area contributed by atoms with Crippen LogP contribution in [0.5, 0.6) is 0 Å². The number of nitrogens with one attached hydrogen (secondary N) is 1. The van der Waals surface area contributed by atoms with Crippen molar-refractivity contribution in [2.75, 3.05) is 18.4 Å². The number of likely N-dealkylation sites (tertiary alicyclic amines) is 1. The minimum atomic E-state index is 0.0346. The number of hydrogen-bond donors (Lipinski definition) is 1. The first kappa shape index (κ1) is 18.0. The van der Waals surface area contributed by atoms with E-state index in [1.165, 1.54) is 5.56 Å². The molecule has 2 amide bonds. The van der Waals surface area contributed by atoms with Crippen LogP contribution in [0.3, 0.4) is 0 Å². The standard InChI is InChI=1S/C21H30N2O2/c1-15(2)16-9-11-19(12-10-16)22-20(24)17-5-7-18(8-6-17)21(25)23-13-3-4-14-23/h9-12,15,17-18H,3-8,13-14H2,1-2H3,(H,22,24). The Bertz CT molecular complexity index is 595. The summed E-state index contributed by atoms with van der Waals surface area (Å²) in [6.45, 7) is 6.17. The van der Waals surface area contributed by atoms with Crippen LogP contribution >= 0.6 is 0 Å². The molecule has 1 aromatic rings. The van der Waals surface area contributed by atoms with Crippen LogP contribution in [-0.4, -0.2) is 29.8 Å². The van der Waals surface area contributed by atoms with E-state index in [2.05, 4.69) is 31.3 Å². The van der Waals surface area contributed by atoms with Crippen LogP contribution < -0.4 is 5.32 Å². The van der Waals surface area contributed by atoms with Gasteiger partial charge in [-0.15, -0.1) is 0 Å². The number of amides is 2. The first-order valence-corrected chi connectivity index (χ1v) is 9.74. The van der Waals surface area contributed by atoms with Crippen LogP contribution in [0, 0.1) is 11.8 Å². The third-order valence-electron chi connectivity index (χ3n) is 5.71. The van der Waals surface area contributed by atoms with Crippen molar-refractivity contribution >= 4 is 17.5 Å². The first-order chi connectivity index (χ1) is 12.0. The van der Waals surface area contributed by atoms with Crippen molar-refractivity contribution in [1.29, 1.82) is 0 Å². The summed E-state index contributed by atoms with van der Waals surface area (Å²) in [7, 11) is 0. The Balaban J connectivity index is 1.48. The van der Waals surface area contributed by atoms with E-state index < -0.39 is 0 Å². The van der Waals surface area contributed by atoms with Gasteiger partial charge in [0.05, 0.1) is 0 Å². The van der Waals surface area contributed by atoms with Gasteiger partial charge >= 0.3 is 0 Å². The fraction of sp³-hybridized carbons (Fsp3) is 0.619. The number of nitrogens with zero attached hydrogens (tertiary/aromatic N) is 1. The molecule has 0 aromatic heterocycles. The third-order valence-corrected chi connectivity index (χ3v) is 5.71. The molecule has 1 heterocycles. The number of carbonyl (C=O) groups is 2.